The second-order valence-electron chi connectivity index (χ2n) is 4.63. The molecule has 1 fully saturated rings. The van der Waals surface area contributed by atoms with Crippen LogP contribution in [0.4, 0.5) is 0 Å². The van der Waals surface area contributed by atoms with Gasteiger partial charge in [0.15, 0.2) is 0 Å². The third kappa shape index (κ3) is 4.21. The first-order valence-corrected chi connectivity index (χ1v) is 6.53. The molecule has 0 aromatic carbocycles. The quantitative estimate of drug-likeness (QED) is 0.910. The first-order valence-electron chi connectivity index (χ1n) is 5.73. The fraction of sp³-hybridized carbons (Fsp3) is 0.583. The summed E-state index contributed by atoms with van der Waals surface area (Å²) < 4.78 is 1.03. The molecular formula is C12H19BrClN3. The Balaban J connectivity index is 0.00000144. The van der Waals surface area contributed by atoms with Gasteiger partial charge in [0.2, 0.25) is 0 Å². The predicted octanol–water partition coefficient (Wildman–Crippen LogP) is 2.44. The van der Waals surface area contributed by atoms with Gasteiger partial charge in [-0.3, -0.25) is 9.88 Å². The van der Waals surface area contributed by atoms with E-state index in [0.29, 0.717) is 12.0 Å². The highest BCUT2D eigenvalue weighted by Gasteiger charge is 2.22. The molecule has 3 nitrogen and oxygen atoms in total. The van der Waals surface area contributed by atoms with Crippen molar-refractivity contribution in [2.24, 2.45) is 11.7 Å². The summed E-state index contributed by atoms with van der Waals surface area (Å²) in [6.45, 7) is 5.33. The summed E-state index contributed by atoms with van der Waals surface area (Å²) in [6.07, 6.45) is 2.95. The number of nitrogens with two attached hydrogens (primary N) is 1. The van der Waals surface area contributed by atoms with E-state index in [0.717, 1.165) is 36.2 Å². The lowest BCUT2D eigenvalue weighted by molar-refractivity contribution is 0.156. The van der Waals surface area contributed by atoms with Crippen LogP contribution in [0.25, 0.3) is 0 Å². The summed E-state index contributed by atoms with van der Waals surface area (Å²) in [5.41, 5.74) is 7.14. The van der Waals surface area contributed by atoms with Gasteiger partial charge in [-0.1, -0.05) is 6.92 Å². The molecule has 0 radical (unpaired) electrons. The Morgan fingerprint density at radius 1 is 1.53 bits per heavy atom. The smallest absolute Gasteiger partial charge is 0.0544 e. The zero-order valence-electron chi connectivity index (χ0n) is 9.97. The molecule has 2 heterocycles. The largest absolute Gasteiger partial charge is 0.327 e. The lowest BCUT2D eigenvalue weighted by Gasteiger charge is -2.34. The molecule has 0 spiro atoms. The molecule has 2 N–H and O–H groups in total. The Morgan fingerprint density at radius 2 is 2.29 bits per heavy atom. The van der Waals surface area contributed by atoms with Crippen LogP contribution in [0.1, 0.15) is 19.0 Å². The van der Waals surface area contributed by atoms with Gasteiger partial charge in [0.25, 0.3) is 0 Å². The number of halogens is 2. The normalized spacial score (nSPS) is 25.4. The van der Waals surface area contributed by atoms with Gasteiger partial charge < -0.3 is 5.73 Å². The fourth-order valence-electron chi connectivity index (χ4n) is 2.12. The Hall–Kier alpha value is -0.160. The highest BCUT2D eigenvalue weighted by Crippen LogP contribution is 2.17. The molecule has 5 heteroatoms. The van der Waals surface area contributed by atoms with Crippen molar-refractivity contribution in [2.75, 3.05) is 13.1 Å². The van der Waals surface area contributed by atoms with Crippen LogP contribution < -0.4 is 5.73 Å². The van der Waals surface area contributed by atoms with Gasteiger partial charge in [0, 0.05) is 36.3 Å². The van der Waals surface area contributed by atoms with E-state index in [2.05, 4.69) is 38.8 Å². The average Bonchev–Trinajstić information content (AvgIpc) is 2.27. The van der Waals surface area contributed by atoms with E-state index >= 15 is 0 Å². The third-order valence-corrected chi connectivity index (χ3v) is 3.70. The van der Waals surface area contributed by atoms with Crippen molar-refractivity contribution in [1.29, 1.82) is 0 Å². The first kappa shape index (κ1) is 14.9. The average molecular weight is 321 g/mol. The molecule has 1 aromatic rings. The second-order valence-corrected chi connectivity index (χ2v) is 5.55. The van der Waals surface area contributed by atoms with Crippen molar-refractivity contribution in [3.8, 4) is 0 Å². The van der Waals surface area contributed by atoms with E-state index in [1.165, 1.54) is 0 Å². The number of aromatic nitrogens is 1. The minimum Gasteiger partial charge on any atom is -0.327 e. The molecule has 1 saturated heterocycles. The second kappa shape index (κ2) is 6.69. The van der Waals surface area contributed by atoms with Crippen molar-refractivity contribution in [3.05, 3.63) is 28.5 Å². The van der Waals surface area contributed by atoms with Crippen molar-refractivity contribution in [1.82, 2.24) is 9.88 Å². The number of hydrogen-bond acceptors (Lipinski definition) is 3. The Bertz CT molecular complexity index is 344. The maximum Gasteiger partial charge on any atom is 0.0544 e. The summed E-state index contributed by atoms with van der Waals surface area (Å²) in [7, 11) is 0. The highest BCUT2D eigenvalue weighted by atomic mass is 79.9. The number of nitrogens with zero attached hydrogens (tertiary/aromatic N) is 2. The standard InChI is InChI=1S/C12H18BrN3.ClH/c1-9-7-16(5-4-12(9)14)8-11-3-2-10(13)6-15-11;/h2-3,6,9,12H,4-5,7-8,14H2,1H3;1H. The lowest BCUT2D eigenvalue weighted by atomic mass is 9.95. The van der Waals surface area contributed by atoms with Crippen molar-refractivity contribution in [2.45, 2.75) is 25.9 Å². The van der Waals surface area contributed by atoms with Crippen LogP contribution >= 0.6 is 28.3 Å². The van der Waals surface area contributed by atoms with Crippen LogP contribution in [0.15, 0.2) is 22.8 Å². The summed E-state index contributed by atoms with van der Waals surface area (Å²) >= 11 is 3.40. The van der Waals surface area contributed by atoms with E-state index in [1.54, 1.807) is 0 Å². The molecule has 96 valence electrons. The SMILES string of the molecule is CC1CN(Cc2ccc(Br)cn2)CCC1N.Cl. The molecule has 1 aliphatic heterocycles. The van der Waals surface area contributed by atoms with Gasteiger partial charge >= 0.3 is 0 Å². The molecule has 17 heavy (non-hydrogen) atoms. The minimum atomic E-state index is 0. The third-order valence-electron chi connectivity index (χ3n) is 3.23. The number of piperidine rings is 1. The van der Waals surface area contributed by atoms with Crippen LogP contribution in [-0.2, 0) is 6.54 Å². The lowest BCUT2D eigenvalue weighted by Crippen LogP contribution is -2.45. The predicted molar refractivity (Wildman–Crippen MR) is 76.2 cm³/mol. The molecule has 2 atom stereocenters. The zero-order valence-corrected chi connectivity index (χ0v) is 12.4. The highest BCUT2D eigenvalue weighted by molar-refractivity contribution is 9.10. The minimum absolute atomic E-state index is 0. The van der Waals surface area contributed by atoms with Crippen molar-refractivity contribution < 1.29 is 0 Å². The topological polar surface area (TPSA) is 42.2 Å². The van der Waals surface area contributed by atoms with Crippen LogP contribution in [0, 0.1) is 5.92 Å². The number of rotatable bonds is 2. The fourth-order valence-corrected chi connectivity index (χ4v) is 2.36. The van der Waals surface area contributed by atoms with Gasteiger partial charge in [-0.2, -0.15) is 0 Å². The summed E-state index contributed by atoms with van der Waals surface area (Å²) in [5.74, 6) is 0.587. The summed E-state index contributed by atoms with van der Waals surface area (Å²) in [4.78, 5) is 6.83. The maximum atomic E-state index is 6.01. The molecular weight excluding hydrogens is 302 g/mol. The van der Waals surface area contributed by atoms with E-state index < -0.39 is 0 Å². The molecule has 0 bridgehead atoms. The number of hydrogen-bond donors (Lipinski definition) is 1. The molecule has 1 aromatic heterocycles. The molecule has 0 amide bonds. The number of likely N-dealkylation sites (tertiary alicyclic amines) is 1. The Kier molecular flexibility index (Phi) is 5.86. The van der Waals surface area contributed by atoms with E-state index in [4.69, 9.17) is 5.73 Å². The molecule has 2 rings (SSSR count). The van der Waals surface area contributed by atoms with Crippen LogP contribution in [0.3, 0.4) is 0 Å². The summed E-state index contributed by atoms with van der Waals surface area (Å²) in [5, 5.41) is 0. The van der Waals surface area contributed by atoms with Crippen LogP contribution in [-0.4, -0.2) is 29.0 Å². The van der Waals surface area contributed by atoms with Gasteiger partial charge in [-0.05, 0) is 40.4 Å². The van der Waals surface area contributed by atoms with Gasteiger partial charge in [0.05, 0.1) is 5.69 Å². The van der Waals surface area contributed by atoms with Crippen LogP contribution in [0.5, 0.6) is 0 Å². The number of pyridine rings is 1. The molecule has 2 unspecified atom stereocenters. The molecule has 1 aliphatic rings. The summed E-state index contributed by atoms with van der Waals surface area (Å²) in [6, 6.07) is 4.49. The first-order chi connectivity index (χ1) is 7.65. The van der Waals surface area contributed by atoms with E-state index in [-0.39, 0.29) is 12.4 Å². The molecule has 0 aliphatic carbocycles. The van der Waals surface area contributed by atoms with Gasteiger partial charge in [-0.15, -0.1) is 12.4 Å². The maximum absolute atomic E-state index is 6.01. The Morgan fingerprint density at radius 3 is 2.88 bits per heavy atom. The Labute approximate surface area is 117 Å². The monoisotopic (exact) mass is 319 g/mol. The van der Waals surface area contributed by atoms with Gasteiger partial charge in [-0.25, -0.2) is 0 Å². The molecule has 0 saturated carbocycles. The van der Waals surface area contributed by atoms with Crippen molar-refractivity contribution >= 4 is 28.3 Å². The van der Waals surface area contributed by atoms with E-state index in [1.807, 2.05) is 12.3 Å². The van der Waals surface area contributed by atoms with Crippen molar-refractivity contribution in [3.63, 3.8) is 0 Å². The van der Waals surface area contributed by atoms with Crippen LogP contribution in [0.2, 0.25) is 0 Å². The van der Waals surface area contributed by atoms with E-state index in [9.17, 15) is 0 Å². The zero-order chi connectivity index (χ0) is 11.5. The van der Waals surface area contributed by atoms with Gasteiger partial charge in [0.1, 0.15) is 0 Å².